The van der Waals surface area contributed by atoms with Crippen molar-refractivity contribution in [2.75, 3.05) is 12.3 Å². The zero-order valence-corrected chi connectivity index (χ0v) is 17.4. The summed E-state index contributed by atoms with van der Waals surface area (Å²) in [6.45, 7) is 8.67. The average Bonchev–Trinajstić information content (AvgIpc) is 2.64. The van der Waals surface area contributed by atoms with Crippen LogP contribution in [0.15, 0.2) is 23.1 Å². The monoisotopic (exact) mass is 369 g/mol. The smallest absolute Gasteiger partial charge is 0.121 e. The van der Waals surface area contributed by atoms with E-state index >= 15 is 0 Å². The summed E-state index contributed by atoms with van der Waals surface area (Å²) < 4.78 is 0. The molecule has 4 N–H and O–H groups in total. The Bertz CT molecular complexity index is 434. The molecule has 0 aliphatic heterocycles. The summed E-state index contributed by atoms with van der Waals surface area (Å²) in [7, 11) is 0. The Morgan fingerprint density at radius 2 is 1.76 bits per heavy atom. The molecule has 1 aromatic rings. The topological polar surface area (TPSA) is 66.5 Å². The van der Waals surface area contributed by atoms with Crippen LogP contribution < -0.4 is 5.73 Å². The molecule has 0 spiro atoms. The Morgan fingerprint density at radius 3 is 2.32 bits per heavy atom. The van der Waals surface area contributed by atoms with Gasteiger partial charge in [-0.25, -0.2) is 0 Å². The van der Waals surface area contributed by atoms with Gasteiger partial charge in [-0.3, -0.25) is 0 Å². The first kappa shape index (κ1) is 24.3. The molecule has 0 aromatic heterocycles. The number of aliphatic hydroxyl groups excluding tert-OH is 1. The van der Waals surface area contributed by atoms with Gasteiger partial charge in [0.25, 0.3) is 0 Å². The van der Waals surface area contributed by atoms with Crippen molar-refractivity contribution in [2.24, 2.45) is 11.7 Å². The molecule has 146 valence electrons. The molecule has 1 saturated carbocycles. The van der Waals surface area contributed by atoms with Gasteiger partial charge in [-0.1, -0.05) is 53.4 Å². The molecule has 1 atom stereocenters. The highest BCUT2D eigenvalue weighted by Gasteiger charge is 2.15. The normalized spacial score (nSPS) is 15.4. The highest BCUT2D eigenvalue weighted by atomic mass is 32.2. The van der Waals surface area contributed by atoms with Gasteiger partial charge in [0.05, 0.1) is 6.10 Å². The first-order valence-corrected chi connectivity index (χ1v) is 10.9. The summed E-state index contributed by atoms with van der Waals surface area (Å²) in [6, 6.07) is 5.52. The van der Waals surface area contributed by atoms with Crippen LogP contribution in [0.4, 0.5) is 0 Å². The summed E-state index contributed by atoms with van der Waals surface area (Å²) in [4.78, 5) is 1.12. The van der Waals surface area contributed by atoms with Gasteiger partial charge in [-0.05, 0) is 49.9 Å². The Labute approximate surface area is 159 Å². The van der Waals surface area contributed by atoms with Crippen LogP contribution in [-0.4, -0.2) is 22.5 Å². The third-order valence-corrected chi connectivity index (χ3v) is 5.23. The quantitative estimate of drug-likeness (QED) is 0.547. The lowest BCUT2D eigenvalue weighted by molar-refractivity contribution is 0.166. The minimum atomic E-state index is -0.671. The molecule has 0 saturated heterocycles. The first-order valence-electron chi connectivity index (χ1n) is 9.96. The molecule has 1 aliphatic carbocycles. The van der Waals surface area contributed by atoms with Crippen LogP contribution in [0.25, 0.3) is 0 Å². The maximum absolute atomic E-state index is 9.99. The summed E-state index contributed by atoms with van der Waals surface area (Å²) in [6.07, 6.45) is 7.85. The molecular weight excluding hydrogens is 330 g/mol. The number of thioether (sulfide) groups is 1. The lowest BCUT2D eigenvalue weighted by atomic mass is 9.91. The van der Waals surface area contributed by atoms with E-state index in [1.807, 2.05) is 37.7 Å². The predicted molar refractivity (Wildman–Crippen MR) is 111 cm³/mol. The van der Waals surface area contributed by atoms with Crippen molar-refractivity contribution in [3.05, 3.63) is 23.8 Å². The van der Waals surface area contributed by atoms with Crippen molar-refractivity contribution in [1.82, 2.24) is 0 Å². The lowest BCUT2D eigenvalue weighted by Crippen LogP contribution is -2.09. The molecule has 1 aromatic carbocycles. The van der Waals surface area contributed by atoms with Crippen molar-refractivity contribution in [1.29, 1.82) is 0 Å². The van der Waals surface area contributed by atoms with Gasteiger partial charge in [0, 0.05) is 16.2 Å². The fourth-order valence-electron chi connectivity index (χ4n) is 2.77. The second kappa shape index (κ2) is 15.5. The van der Waals surface area contributed by atoms with Crippen molar-refractivity contribution < 1.29 is 10.2 Å². The summed E-state index contributed by atoms with van der Waals surface area (Å²) in [5.41, 5.74) is 6.07. The van der Waals surface area contributed by atoms with Gasteiger partial charge in [-0.15, -0.1) is 11.8 Å². The summed E-state index contributed by atoms with van der Waals surface area (Å²) in [5, 5.41) is 19.8. The van der Waals surface area contributed by atoms with Gasteiger partial charge in [0.1, 0.15) is 5.75 Å². The first-order chi connectivity index (χ1) is 12.1. The van der Waals surface area contributed by atoms with Crippen LogP contribution in [0.5, 0.6) is 5.75 Å². The van der Waals surface area contributed by atoms with E-state index in [0.29, 0.717) is 18.5 Å². The van der Waals surface area contributed by atoms with Crippen LogP contribution >= 0.6 is 11.8 Å². The summed E-state index contributed by atoms with van der Waals surface area (Å²) >= 11 is 1.83. The lowest BCUT2D eigenvalue weighted by Gasteiger charge is -2.21. The fraction of sp³-hybridized carbons (Fsp3) is 0.714. The molecule has 25 heavy (non-hydrogen) atoms. The predicted octanol–water partition coefficient (Wildman–Crippen LogP) is 5.89. The minimum absolute atomic E-state index is 0.160. The number of hydrogen-bond acceptors (Lipinski definition) is 4. The zero-order valence-electron chi connectivity index (χ0n) is 16.6. The average molecular weight is 370 g/mol. The van der Waals surface area contributed by atoms with E-state index in [-0.39, 0.29) is 5.75 Å². The third kappa shape index (κ3) is 10.1. The van der Waals surface area contributed by atoms with Gasteiger partial charge in [-0.2, -0.15) is 0 Å². The Kier molecular flexibility index (Phi) is 15.1. The number of aromatic hydroxyl groups is 1. The van der Waals surface area contributed by atoms with E-state index in [1.54, 1.807) is 6.07 Å². The van der Waals surface area contributed by atoms with E-state index in [0.717, 1.165) is 16.6 Å². The van der Waals surface area contributed by atoms with Gasteiger partial charge >= 0.3 is 0 Å². The van der Waals surface area contributed by atoms with E-state index in [9.17, 15) is 10.2 Å². The molecule has 1 unspecified atom stereocenters. The Balaban J connectivity index is 0.00000104. The second-order valence-corrected chi connectivity index (χ2v) is 7.43. The maximum atomic E-state index is 9.99. The summed E-state index contributed by atoms with van der Waals surface area (Å²) in [5.74, 6) is 2.12. The molecule has 1 fully saturated rings. The number of phenolic OH excluding ortho intramolecular Hbond substituents is 1. The zero-order chi connectivity index (χ0) is 19.1. The van der Waals surface area contributed by atoms with E-state index in [1.165, 1.54) is 38.5 Å². The Morgan fingerprint density at radius 1 is 1.16 bits per heavy atom. The van der Waals surface area contributed by atoms with E-state index < -0.39 is 6.10 Å². The van der Waals surface area contributed by atoms with Gasteiger partial charge in [0.2, 0.25) is 0 Å². The van der Waals surface area contributed by atoms with Crippen LogP contribution in [0, 0.1) is 5.92 Å². The molecule has 1 aliphatic rings. The minimum Gasteiger partial charge on any atom is -0.508 e. The molecule has 2 rings (SSSR count). The highest BCUT2D eigenvalue weighted by Crippen LogP contribution is 2.34. The number of hydrogen-bond donors (Lipinski definition) is 3. The highest BCUT2D eigenvalue weighted by molar-refractivity contribution is 7.99. The standard InChI is InChI=1S/C16H25NO2S.C3H8.C2H6/c17-9-8-16(19)14-10-13(6-7-15(14)18)20-11-12-4-2-1-3-5-12;1-3-2;1-2/h6-7,10,12,16,18-19H,1-5,8-9,11,17H2;3H2,1-2H3;1-2H3. The molecule has 0 radical (unpaired) electrons. The van der Waals surface area contributed by atoms with E-state index in [2.05, 4.69) is 13.8 Å². The molecular formula is C21H39NO2S. The number of aliphatic hydroxyl groups is 1. The number of nitrogens with two attached hydrogens (primary N) is 1. The number of rotatable bonds is 6. The van der Waals surface area contributed by atoms with Crippen LogP contribution in [0.3, 0.4) is 0 Å². The number of phenols is 1. The van der Waals surface area contributed by atoms with E-state index in [4.69, 9.17) is 5.73 Å². The van der Waals surface area contributed by atoms with Crippen molar-refractivity contribution in [3.63, 3.8) is 0 Å². The molecule has 0 bridgehead atoms. The fourth-order valence-corrected chi connectivity index (χ4v) is 3.91. The molecule has 3 nitrogen and oxygen atoms in total. The van der Waals surface area contributed by atoms with Crippen molar-refractivity contribution in [3.8, 4) is 5.75 Å². The van der Waals surface area contributed by atoms with Crippen LogP contribution in [-0.2, 0) is 0 Å². The molecule has 4 heteroatoms. The van der Waals surface area contributed by atoms with Crippen LogP contribution in [0.2, 0.25) is 0 Å². The van der Waals surface area contributed by atoms with Crippen molar-refractivity contribution >= 4 is 11.8 Å². The van der Waals surface area contributed by atoms with Crippen molar-refractivity contribution in [2.45, 2.75) is 83.6 Å². The maximum Gasteiger partial charge on any atom is 0.121 e. The Hall–Kier alpha value is -0.710. The molecule has 0 amide bonds. The number of benzene rings is 1. The van der Waals surface area contributed by atoms with Crippen LogP contribution in [0.1, 0.15) is 84.3 Å². The largest absolute Gasteiger partial charge is 0.508 e. The van der Waals surface area contributed by atoms with Gasteiger partial charge < -0.3 is 15.9 Å². The second-order valence-electron chi connectivity index (χ2n) is 6.34. The van der Waals surface area contributed by atoms with Gasteiger partial charge in [0.15, 0.2) is 0 Å². The SMILES string of the molecule is CC.CCC.NCCC(O)c1cc(SCC2CCCCC2)ccc1O. The molecule has 0 heterocycles. The third-order valence-electron chi connectivity index (χ3n) is 4.01.